The molecule has 1 N–H and O–H groups in total. The van der Waals surface area contributed by atoms with Gasteiger partial charge in [-0.1, -0.05) is 30.0 Å². The third-order valence-corrected chi connectivity index (χ3v) is 5.81. The Kier molecular flexibility index (Phi) is 5.88. The van der Waals surface area contributed by atoms with Gasteiger partial charge in [-0.15, -0.1) is 11.3 Å². The number of nitrogens with zero attached hydrogens (tertiary/aromatic N) is 2. The van der Waals surface area contributed by atoms with Crippen LogP contribution in [0.4, 0.5) is 0 Å². The summed E-state index contributed by atoms with van der Waals surface area (Å²) in [6, 6.07) is 9.56. The van der Waals surface area contributed by atoms with Gasteiger partial charge in [0.05, 0.1) is 12.3 Å². The van der Waals surface area contributed by atoms with Gasteiger partial charge in [0.25, 0.3) is 0 Å². The molecule has 0 unspecified atom stereocenters. The molecular formula is C18H19N3O2S2. The van der Waals surface area contributed by atoms with Gasteiger partial charge in [-0.3, -0.25) is 4.79 Å². The van der Waals surface area contributed by atoms with Crippen molar-refractivity contribution in [1.29, 1.82) is 0 Å². The molecule has 0 bridgehead atoms. The first-order valence-corrected chi connectivity index (χ1v) is 9.73. The Morgan fingerprint density at radius 2 is 2.04 bits per heavy atom. The number of carbonyl (C=O) groups is 1. The minimum absolute atomic E-state index is 0.0296. The highest BCUT2D eigenvalue weighted by molar-refractivity contribution is 8.00. The van der Waals surface area contributed by atoms with Crippen molar-refractivity contribution in [3.05, 3.63) is 47.1 Å². The highest BCUT2D eigenvalue weighted by Crippen LogP contribution is 2.34. The third kappa shape index (κ3) is 4.49. The predicted molar refractivity (Wildman–Crippen MR) is 103 cm³/mol. The third-order valence-electron chi connectivity index (χ3n) is 3.71. The second-order valence-corrected chi connectivity index (χ2v) is 7.61. The second kappa shape index (κ2) is 8.31. The first-order valence-electron chi connectivity index (χ1n) is 7.93. The number of carbonyl (C=O) groups excluding carboxylic acids is 1. The van der Waals surface area contributed by atoms with E-state index in [9.17, 15) is 4.79 Å². The van der Waals surface area contributed by atoms with Gasteiger partial charge >= 0.3 is 0 Å². The number of ether oxygens (including phenoxy) is 1. The summed E-state index contributed by atoms with van der Waals surface area (Å²) in [7, 11) is 0. The normalized spacial score (nSPS) is 10.8. The van der Waals surface area contributed by atoms with Crippen molar-refractivity contribution in [1.82, 2.24) is 15.3 Å². The molecular weight excluding hydrogens is 354 g/mol. The summed E-state index contributed by atoms with van der Waals surface area (Å²) in [4.78, 5) is 22.9. The Morgan fingerprint density at radius 3 is 2.84 bits per heavy atom. The number of aryl methyl sites for hydroxylation is 2. The van der Waals surface area contributed by atoms with Gasteiger partial charge in [-0.25, -0.2) is 9.97 Å². The van der Waals surface area contributed by atoms with Crippen LogP contribution in [0.3, 0.4) is 0 Å². The summed E-state index contributed by atoms with van der Waals surface area (Å²) >= 11 is 3.10. The van der Waals surface area contributed by atoms with Crippen LogP contribution >= 0.6 is 23.1 Å². The molecule has 0 atom stereocenters. The van der Waals surface area contributed by atoms with Crippen molar-refractivity contribution < 1.29 is 9.53 Å². The highest BCUT2D eigenvalue weighted by Gasteiger charge is 2.13. The van der Waals surface area contributed by atoms with Gasteiger partial charge in [0, 0.05) is 10.3 Å². The van der Waals surface area contributed by atoms with E-state index in [0.29, 0.717) is 18.9 Å². The van der Waals surface area contributed by atoms with Crippen molar-refractivity contribution in [3.8, 4) is 5.75 Å². The summed E-state index contributed by atoms with van der Waals surface area (Å²) in [5, 5.41) is 4.79. The van der Waals surface area contributed by atoms with Crippen LogP contribution in [-0.2, 0) is 4.79 Å². The molecule has 0 aliphatic heterocycles. The molecule has 1 amide bonds. The van der Waals surface area contributed by atoms with Crippen LogP contribution in [0.25, 0.3) is 10.2 Å². The van der Waals surface area contributed by atoms with Crippen LogP contribution in [0.1, 0.15) is 10.4 Å². The van der Waals surface area contributed by atoms with Crippen LogP contribution in [0.15, 0.2) is 41.7 Å². The number of para-hydroxylation sites is 1. The lowest BCUT2D eigenvalue weighted by Crippen LogP contribution is -2.29. The molecule has 7 heteroatoms. The lowest BCUT2D eigenvalue weighted by Gasteiger charge is -2.08. The topological polar surface area (TPSA) is 64.1 Å². The maximum Gasteiger partial charge on any atom is 0.230 e. The first kappa shape index (κ1) is 17.7. The van der Waals surface area contributed by atoms with E-state index in [1.165, 1.54) is 22.2 Å². The van der Waals surface area contributed by atoms with Crippen molar-refractivity contribution in [2.75, 3.05) is 18.9 Å². The molecule has 2 heterocycles. The molecule has 1 aromatic carbocycles. The van der Waals surface area contributed by atoms with Crippen LogP contribution in [0, 0.1) is 13.8 Å². The zero-order valence-corrected chi connectivity index (χ0v) is 15.7. The zero-order valence-electron chi connectivity index (χ0n) is 14.1. The van der Waals surface area contributed by atoms with Crippen molar-refractivity contribution in [2.45, 2.75) is 18.9 Å². The molecule has 5 nitrogen and oxygen atoms in total. The fourth-order valence-electron chi connectivity index (χ4n) is 2.32. The van der Waals surface area contributed by atoms with Gasteiger partial charge in [0.2, 0.25) is 5.91 Å². The Labute approximate surface area is 154 Å². The molecule has 0 saturated heterocycles. The Morgan fingerprint density at radius 1 is 1.24 bits per heavy atom. The molecule has 25 heavy (non-hydrogen) atoms. The van der Waals surface area contributed by atoms with E-state index < -0.39 is 0 Å². The number of amides is 1. The van der Waals surface area contributed by atoms with Gasteiger partial charge in [-0.05, 0) is 31.5 Å². The minimum Gasteiger partial charge on any atom is -0.492 e. The molecule has 2 aromatic heterocycles. The predicted octanol–water partition coefficient (Wildman–Crippen LogP) is 3.60. The van der Waals surface area contributed by atoms with Crippen molar-refractivity contribution in [3.63, 3.8) is 0 Å². The van der Waals surface area contributed by atoms with Gasteiger partial charge in [-0.2, -0.15) is 0 Å². The molecule has 0 aliphatic rings. The van der Waals surface area contributed by atoms with Crippen LogP contribution in [0.5, 0.6) is 5.75 Å². The zero-order chi connectivity index (χ0) is 17.6. The lowest BCUT2D eigenvalue weighted by atomic mass is 10.2. The quantitative estimate of drug-likeness (QED) is 0.389. The molecule has 130 valence electrons. The molecule has 3 rings (SSSR count). The molecule has 0 fully saturated rings. The number of benzene rings is 1. The summed E-state index contributed by atoms with van der Waals surface area (Å²) in [5.74, 6) is 1.10. The van der Waals surface area contributed by atoms with E-state index in [4.69, 9.17) is 4.74 Å². The average Bonchev–Trinajstić information content (AvgIpc) is 2.93. The van der Waals surface area contributed by atoms with Crippen molar-refractivity contribution in [2.24, 2.45) is 0 Å². The number of thioether (sulfide) groups is 1. The molecule has 0 radical (unpaired) electrons. The second-order valence-electron chi connectivity index (χ2n) is 5.44. The van der Waals surface area contributed by atoms with Gasteiger partial charge < -0.3 is 10.1 Å². The molecule has 3 aromatic rings. The van der Waals surface area contributed by atoms with Gasteiger partial charge in [0.1, 0.15) is 28.5 Å². The van der Waals surface area contributed by atoms with Crippen LogP contribution in [0.2, 0.25) is 0 Å². The van der Waals surface area contributed by atoms with Crippen LogP contribution < -0.4 is 10.1 Å². The fraction of sp³-hybridized carbons (Fsp3) is 0.278. The Bertz CT molecular complexity index is 865. The molecule has 0 spiro atoms. The standard InChI is InChI=1S/C18H19N3O2S2/c1-12-13(2)25-18-16(12)17(20-11-21-18)24-10-15(22)19-8-9-23-14-6-4-3-5-7-14/h3-7,11H,8-10H2,1-2H3,(H,19,22). The number of hydrogen-bond acceptors (Lipinski definition) is 6. The van der Waals surface area contributed by atoms with Crippen LogP contribution in [-0.4, -0.2) is 34.8 Å². The maximum absolute atomic E-state index is 12.0. The Hall–Kier alpha value is -2.12. The number of nitrogens with one attached hydrogen (secondary N) is 1. The summed E-state index contributed by atoms with van der Waals surface area (Å²) in [6.45, 7) is 5.07. The van der Waals surface area contributed by atoms with E-state index in [1.807, 2.05) is 30.3 Å². The summed E-state index contributed by atoms with van der Waals surface area (Å²) < 4.78 is 5.55. The fourth-order valence-corrected chi connectivity index (χ4v) is 4.27. The average molecular weight is 374 g/mol. The Balaban J connectivity index is 1.48. The largest absolute Gasteiger partial charge is 0.492 e. The monoisotopic (exact) mass is 373 g/mol. The SMILES string of the molecule is Cc1sc2ncnc(SCC(=O)NCCOc3ccccc3)c2c1C. The first-order chi connectivity index (χ1) is 12.1. The number of aromatic nitrogens is 2. The summed E-state index contributed by atoms with van der Waals surface area (Å²) in [6.07, 6.45) is 1.56. The molecule has 0 aliphatic carbocycles. The minimum atomic E-state index is -0.0296. The number of fused-ring (bicyclic) bond motifs is 1. The van der Waals surface area contributed by atoms with E-state index in [-0.39, 0.29) is 5.91 Å². The van der Waals surface area contributed by atoms with E-state index in [0.717, 1.165) is 21.0 Å². The van der Waals surface area contributed by atoms with Crippen molar-refractivity contribution >= 4 is 39.2 Å². The smallest absolute Gasteiger partial charge is 0.230 e. The van der Waals surface area contributed by atoms with E-state index in [1.54, 1.807) is 17.7 Å². The van der Waals surface area contributed by atoms with E-state index >= 15 is 0 Å². The van der Waals surface area contributed by atoms with E-state index in [2.05, 4.69) is 29.1 Å². The summed E-state index contributed by atoms with van der Waals surface area (Å²) in [5.41, 5.74) is 1.19. The lowest BCUT2D eigenvalue weighted by molar-refractivity contribution is -0.118. The highest BCUT2D eigenvalue weighted by atomic mass is 32.2. The molecule has 0 saturated carbocycles. The number of hydrogen-bond donors (Lipinski definition) is 1. The number of rotatable bonds is 7. The maximum atomic E-state index is 12.0. The van der Waals surface area contributed by atoms with Gasteiger partial charge in [0.15, 0.2) is 0 Å². The number of thiophene rings is 1.